The van der Waals surface area contributed by atoms with Gasteiger partial charge in [0.25, 0.3) is 0 Å². The Kier molecular flexibility index (Phi) is 3.69. The summed E-state index contributed by atoms with van der Waals surface area (Å²) in [5.74, 6) is 0.184. The number of piperidine rings is 1. The van der Waals surface area contributed by atoms with E-state index in [9.17, 15) is 0 Å². The Morgan fingerprint density at radius 1 is 1.32 bits per heavy atom. The second-order valence-corrected chi connectivity index (χ2v) is 6.16. The molecule has 1 saturated heterocycles. The normalized spacial score (nSPS) is 19.5. The number of rotatable bonds is 2. The van der Waals surface area contributed by atoms with Crippen LogP contribution < -0.4 is 10.6 Å². The van der Waals surface area contributed by atoms with Gasteiger partial charge in [0.2, 0.25) is 0 Å². The number of nitrogens with two attached hydrogens (primary N) is 1. The largest absolute Gasteiger partial charge is 0.409 e. The molecule has 0 aromatic heterocycles. The van der Waals surface area contributed by atoms with Gasteiger partial charge in [-0.2, -0.15) is 0 Å². The van der Waals surface area contributed by atoms with Crippen LogP contribution in [0.1, 0.15) is 37.8 Å². The van der Waals surface area contributed by atoms with Crippen molar-refractivity contribution in [3.8, 4) is 0 Å². The number of oxime groups is 1. The van der Waals surface area contributed by atoms with E-state index in [0.717, 1.165) is 42.7 Å². The molecule has 0 spiro atoms. The third kappa shape index (κ3) is 3.00. The average molecular weight is 261 g/mol. The fraction of sp³-hybridized carbons (Fsp3) is 0.533. The minimum Gasteiger partial charge on any atom is -0.409 e. The summed E-state index contributed by atoms with van der Waals surface area (Å²) in [7, 11) is 0. The van der Waals surface area contributed by atoms with Gasteiger partial charge in [-0.1, -0.05) is 30.6 Å². The van der Waals surface area contributed by atoms with E-state index in [-0.39, 0.29) is 5.84 Å². The van der Waals surface area contributed by atoms with E-state index in [1.807, 2.05) is 13.0 Å². The van der Waals surface area contributed by atoms with Crippen molar-refractivity contribution < 1.29 is 5.21 Å². The zero-order valence-corrected chi connectivity index (χ0v) is 12.0. The lowest BCUT2D eigenvalue weighted by Crippen LogP contribution is -2.38. The Morgan fingerprint density at radius 2 is 1.95 bits per heavy atom. The van der Waals surface area contributed by atoms with Crippen LogP contribution >= 0.6 is 0 Å². The first-order valence-corrected chi connectivity index (χ1v) is 6.76. The van der Waals surface area contributed by atoms with Crippen molar-refractivity contribution in [2.24, 2.45) is 16.3 Å². The molecule has 0 aliphatic carbocycles. The molecular weight excluding hydrogens is 238 g/mol. The van der Waals surface area contributed by atoms with Crippen LogP contribution in [0.3, 0.4) is 0 Å². The van der Waals surface area contributed by atoms with Crippen LogP contribution in [0.25, 0.3) is 0 Å². The first-order valence-electron chi connectivity index (χ1n) is 6.76. The van der Waals surface area contributed by atoms with Crippen molar-refractivity contribution in [1.82, 2.24) is 0 Å². The van der Waals surface area contributed by atoms with Gasteiger partial charge in [-0.25, -0.2) is 0 Å². The first-order chi connectivity index (χ1) is 8.93. The van der Waals surface area contributed by atoms with Gasteiger partial charge in [-0.05, 0) is 37.3 Å². The van der Waals surface area contributed by atoms with E-state index in [2.05, 4.69) is 36.0 Å². The minimum absolute atomic E-state index is 0.184. The second-order valence-electron chi connectivity index (χ2n) is 6.16. The van der Waals surface area contributed by atoms with E-state index in [1.165, 1.54) is 0 Å². The molecule has 0 radical (unpaired) electrons. The van der Waals surface area contributed by atoms with Gasteiger partial charge in [-0.3, -0.25) is 0 Å². The van der Waals surface area contributed by atoms with Crippen LogP contribution in [-0.2, 0) is 0 Å². The van der Waals surface area contributed by atoms with Crippen molar-refractivity contribution in [2.45, 2.75) is 33.6 Å². The van der Waals surface area contributed by atoms with E-state index >= 15 is 0 Å². The highest BCUT2D eigenvalue weighted by Crippen LogP contribution is 2.33. The molecule has 0 atom stereocenters. The van der Waals surface area contributed by atoms with Crippen LogP contribution in [0.4, 0.5) is 5.69 Å². The SMILES string of the molecule is Cc1ccc(N2CCC(C)(C)CC2)c(/C(N)=N/O)c1. The predicted octanol–water partition coefficient (Wildman–Crippen LogP) is 2.72. The molecule has 104 valence electrons. The molecule has 1 aliphatic heterocycles. The second kappa shape index (κ2) is 5.11. The van der Waals surface area contributed by atoms with E-state index < -0.39 is 0 Å². The molecule has 1 fully saturated rings. The van der Waals surface area contributed by atoms with Crippen LogP contribution in [-0.4, -0.2) is 24.1 Å². The average Bonchev–Trinajstić information content (AvgIpc) is 2.38. The smallest absolute Gasteiger partial charge is 0.172 e. The molecular formula is C15H23N3O. The Morgan fingerprint density at radius 3 is 2.53 bits per heavy atom. The van der Waals surface area contributed by atoms with Crippen molar-refractivity contribution in [2.75, 3.05) is 18.0 Å². The maximum Gasteiger partial charge on any atom is 0.172 e. The first kappa shape index (κ1) is 13.7. The summed E-state index contributed by atoms with van der Waals surface area (Å²) in [5.41, 5.74) is 9.21. The standard InChI is InChI=1S/C15H23N3O/c1-11-4-5-13(12(10-11)14(16)17-19)18-8-6-15(2,3)7-9-18/h4-5,10,19H,6-9H2,1-3H3,(H2,16,17). The molecule has 1 heterocycles. The number of amidine groups is 1. The Balaban J connectivity index is 2.30. The topological polar surface area (TPSA) is 61.8 Å². The predicted molar refractivity (Wildman–Crippen MR) is 78.9 cm³/mol. The van der Waals surface area contributed by atoms with Gasteiger partial charge in [0.15, 0.2) is 5.84 Å². The Labute approximate surface area is 114 Å². The minimum atomic E-state index is 0.184. The number of benzene rings is 1. The van der Waals surface area contributed by atoms with Crippen molar-refractivity contribution in [1.29, 1.82) is 0 Å². The molecule has 3 N–H and O–H groups in total. The highest BCUT2D eigenvalue weighted by atomic mass is 16.4. The molecule has 0 amide bonds. The molecule has 4 nitrogen and oxygen atoms in total. The summed E-state index contributed by atoms with van der Waals surface area (Å²) in [6.07, 6.45) is 2.33. The number of anilines is 1. The van der Waals surface area contributed by atoms with Gasteiger partial charge in [0.1, 0.15) is 0 Å². The molecule has 4 heteroatoms. The number of aryl methyl sites for hydroxylation is 1. The lowest BCUT2D eigenvalue weighted by molar-refractivity contribution is 0.280. The molecule has 1 aliphatic rings. The lowest BCUT2D eigenvalue weighted by atomic mass is 9.82. The summed E-state index contributed by atoms with van der Waals surface area (Å²) in [4.78, 5) is 2.33. The highest BCUT2D eigenvalue weighted by Gasteiger charge is 2.26. The molecule has 0 saturated carbocycles. The van der Waals surface area contributed by atoms with Gasteiger partial charge in [-0.15, -0.1) is 0 Å². The number of hydrogen-bond donors (Lipinski definition) is 2. The van der Waals surface area contributed by atoms with Gasteiger partial charge in [0.05, 0.1) is 0 Å². The fourth-order valence-corrected chi connectivity index (χ4v) is 2.54. The van der Waals surface area contributed by atoms with Crippen molar-refractivity contribution >= 4 is 11.5 Å². The monoisotopic (exact) mass is 261 g/mol. The zero-order valence-electron chi connectivity index (χ0n) is 12.0. The summed E-state index contributed by atoms with van der Waals surface area (Å²) < 4.78 is 0. The fourth-order valence-electron chi connectivity index (χ4n) is 2.54. The lowest BCUT2D eigenvalue weighted by Gasteiger charge is -2.39. The quantitative estimate of drug-likeness (QED) is 0.372. The van der Waals surface area contributed by atoms with Crippen LogP contribution in [0, 0.1) is 12.3 Å². The highest BCUT2D eigenvalue weighted by molar-refractivity contribution is 6.02. The summed E-state index contributed by atoms with van der Waals surface area (Å²) in [5, 5.41) is 12.1. The molecule has 0 unspecified atom stereocenters. The summed E-state index contributed by atoms with van der Waals surface area (Å²) in [6, 6.07) is 6.12. The summed E-state index contributed by atoms with van der Waals surface area (Å²) in [6.45, 7) is 8.66. The van der Waals surface area contributed by atoms with Crippen LogP contribution in [0.5, 0.6) is 0 Å². The Hall–Kier alpha value is -1.71. The maximum absolute atomic E-state index is 8.93. The molecule has 19 heavy (non-hydrogen) atoms. The molecule has 1 aromatic rings. The maximum atomic E-state index is 8.93. The third-order valence-corrected chi connectivity index (χ3v) is 3.99. The molecule has 0 bridgehead atoms. The molecule has 2 rings (SSSR count). The van der Waals surface area contributed by atoms with Crippen molar-refractivity contribution in [3.05, 3.63) is 29.3 Å². The van der Waals surface area contributed by atoms with E-state index in [4.69, 9.17) is 10.9 Å². The van der Waals surface area contributed by atoms with E-state index in [0.29, 0.717) is 5.41 Å². The van der Waals surface area contributed by atoms with Crippen molar-refractivity contribution in [3.63, 3.8) is 0 Å². The van der Waals surface area contributed by atoms with Gasteiger partial charge < -0.3 is 15.8 Å². The van der Waals surface area contributed by atoms with Gasteiger partial charge in [0, 0.05) is 24.3 Å². The van der Waals surface area contributed by atoms with Crippen LogP contribution in [0.15, 0.2) is 23.4 Å². The summed E-state index contributed by atoms with van der Waals surface area (Å²) >= 11 is 0. The van der Waals surface area contributed by atoms with Gasteiger partial charge >= 0.3 is 0 Å². The number of hydrogen-bond acceptors (Lipinski definition) is 3. The zero-order chi connectivity index (χ0) is 14.0. The third-order valence-electron chi connectivity index (χ3n) is 3.99. The molecule has 1 aromatic carbocycles. The Bertz CT molecular complexity index is 484. The van der Waals surface area contributed by atoms with E-state index in [1.54, 1.807) is 0 Å². The number of nitrogens with zero attached hydrogens (tertiary/aromatic N) is 2. The van der Waals surface area contributed by atoms with Crippen LogP contribution in [0.2, 0.25) is 0 Å².